The Kier molecular flexibility index (Phi) is 7.44. The smallest absolute Gasteiger partial charge is 0.343 e. The van der Waals surface area contributed by atoms with Crippen molar-refractivity contribution in [1.29, 1.82) is 0 Å². The average Bonchev–Trinajstić information content (AvgIpc) is 2.82. The zero-order chi connectivity index (χ0) is 25.9. The van der Waals surface area contributed by atoms with Crippen molar-refractivity contribution in [3.05, 3.63) is 77.0 Å². The number of hydrogen-bond donors (Lipinski definition) is 0. The number of urea groups is 1. The van der Waals surface area contributed by atoms with Gasteiger partial charge in [-0.2, -0.15) is 4.31 Å². The molecule has 0 fully saturated rings. The molecule has 2 aromatic carbocycles. The van der Waals surface area contributed by atoms with Crippen molar-refractivity contribution in [3.63, 3.8) is 0 Å². The first kappa shape index (κ1) is 25.7. The molecule has 1 aliphatic rings. The molecule has 0 saturated heterocycles. The molecule has 1 aliphatic heterocycles. The number of carbonyl (C=O) groups is 1. The largest absolute Gasteiger partial charge is 0.497 e. The molecular formula is C23H23F2N3O6S. The van der Waals surface area contributed by atoms with E-state index in [4.69, 9.17) is 14.2 Å². The van der Waals surface area contributed by atoms with Crippen LogP contribution in [-0.4, -0.2) is 46.8 Å². The third-order valence-electron chi connectivity index (χ3n) is 5.17. The van der Waals surface area contributed by atoms with Crippen LogP contribution in [-0.2, 0) is 26.0 Å². The van der Waals surface area contributed by atoms with E-state index in [-0.39, 0.29) is 33.7 Å². The van der Waals surface area contributed by atoms with E-state index in [2.05, 4.69) is 11.7 Å². The van der Waals surface area contributed by atoms with E-state index in [0.717, 1.165) is 17.0 Å². The summed E-state index contributed by atoms with van der Waals surface area (Å²) in [5.74, 6) is -1.99. The van der Waals surface area contributed by atoms with Crippen LogP contribution < -0.4 is 9.64 Å². The highest BCUT2D eigenvalue weighted by atomic mass is 32.2. The van der Waals surface area contributed by atoms with Crippen LogP contribution in [0.25, 0.3) is 0 Å². The average molecular weight is 508 g/mol. The molecule has 0 aliphatic carbocycles. The van der Waals surface area contributed by atoms with Gasteiger partial charge in [-0.3, -0.25) is 4.90 Å². The van der Waals surface area contributed by atoms with E-state index in [1.54, 1.807) is 0 Å². The van der Waals surface area contributed by atoms with Crippen molar-refractivity contribution < 1.29 is 36.2 Å². The number of methoxy groups -OCH3 is 3. The van der Waals surface area contributed by atoms with Crippen molar-refractivity contribution in [1.82, 2.24) is 4.31 Å². The number of allylic oxidation sites excluding steroid dienone is 2. The molecule has 35 heavy (non-hydrogen) atoms. The van der Waals surface area contributed by atoms with E-state index in [1.165, 1.54) is 58.6 Å². The summed E-state index contributed by atoms with van der Waals surface area (Å²) in [5.41, 5.74) is -0.547. The van der Waals surface area contributed by atoms with Crippen LogP contribution in [0.15, 0.2) is 69.7 Å². The number of anilines is 1. The van der Waals surface area contributed by atoms with Gasteiger partial charge in [-0.15, -0.1) is 0 Å². The topological polar surface area (TPSA) is 97.7 Å². The van der Waals surface area contributed by atoms with E-state index >= 15 is 0 Å². The number of para-hydroxylation sites is 1. The number of amides is 2. The Balaban J connectivity index is 2.18. The number of fused-ring (bicyclic) bond motifs is 1. The third-order valence-corrected chi connectivity index (χ3v) is 7.00. The molecule has 0 unspecified atom stereocenters. The predicted octanol–water partition coefficient (Wildman–Crippen LogP) is 4.17. The Bertz CT molecular complexity index is 1320. The SMILES string of the molecule is C=NC(OC)=C(C=C(C)N1C(=O)N(Cc2c(F)cc(OC)cc2F)c2ccccc2S1(=O)=O)OC. The van der Waals surface area contributed by atoms with E-state index in [0.29, 0.717) is 4.31 Å². The minimum atomic E-state index is -4.38. The van der Waals surface area contributed by atoms with Crippen LogP contribution in [0.3, 0.4) is 0 Å². The molecule has 0 bridgehead atoms. The Morgan fingerprint density at radius 1 is 1.11 bits per heavy atom. The fraction of sp³-hybridized carbons (Fsp3) is 0.217. The summed E-state index contributed by atoms with van der Waals surface area (Å²) in [5, 5.41) is 0. The minimum Gasteiger partial charge on any atom is -0.497 e. The lowest BCUT2D eigenvalue weighted by Crippen LogP contribution is -2.49. The molecule has 3 rings (SSSR count). The van der Waals surface area contributed by atoms with Gasteiger partial charge in [0.1, 0.15) is 22.3 Å². The fourth-order valence-corrected chi connectivity index (χ4v) is 5.14. The number of aliphatic imine (C=N–C) groups is 1. The Morgan fingerprint density at radius 2 is 1.74 bits per heavy atom. The van der Waals surface area contributed by atoms with Crippen molar-refractivity contribution in [3.8, 4) is 5.75 Å². The van der Waals surface area contributed by atoms with Crippen molar-refractivity contribution >= 4 is 28.5 Å². The Hall–Kier alpha value is -3.93. The standard InChI is InChI=1S/C23H23F2N3O6S/c1-14(10-20(33-4)22(26-2)34-5)28-23(29)27(19-8-6-7-9-21(19)35(28,30)31)13-16-17(24)11-15(32-3)12-18(16)25/h6-12H,2,13H2,1,3-5H3. The van der Waals surface area contributed by atoms with E-state index in [9.17, 15) is 22.0 Å². The zero-order valence-electron chi connectivity index (χ0n) is 19.4. The molecule has 0 atom stereocenters. The van der Waals surface area contributed by atoms with E-state index < -0.39 is 39.8 Å². The predicted molar refractivity (Wildman–Crippen MR) is 124 cm³/mol. The van der Waals surface area contributed by atoms with Crippen LogP contribution in [0.1, 0.15) is 12.5 Å². The molecule has 0 spiro atoms. The summed E-state index contributed by atoms with van der Waals surface area (Å²) in [6, 6.07) is 6.57. The minimum absolute atomic E-state index is 0.000604. The van der Waals surface area contributed by atoms with Gasteiger partial charge in [0.25, 0.3) is 15.9 Å². The molecule has 2 amide bonds. The number of carbonyl (C=O) groups excluding carboxylic acids is 1. The highest BCUT2D eigenvalue weighted by Crippen LogP contribution is 2.38. The molecule has 2 aromatic rings. The quantitative estimate of drug-likeness (QED) is 0.302. The highest BCUT2D eigenvalue weighted by Gasteiger charge is 2.43. The Labute approximate surface area is 201 Å². The van der Waals surface area contributed by atoms with Gasteiger partial charge in [-0.1, -0.05) is 12.1 Å². The monoisotopic (exact) mass is 507 g/mol. The van der Waals surface area contributed by atoms with Crippen LogP contribution >= 0.6 is 0 Å². The molecule has 0 aromatic heterocycles. The first-order valence-electron chi connectivity index (χ1n) is 10.1. The second-order valence-electron chi connectivity index (χ2n) is 7.20. The van der Waals surface area contributed by atoms with Crippen molar-refractivity contribution in [2.75, 3.05) is 26.2 Å². The molecular weight excluding hydrogens is 484 g/mol. The molecule has 12 heteroatoms. The first-order chi connectivity index (χ1) is 16.6. The molecule has 1 heterocycles. The second-order valence-corrected chi connectivity index (χ2v) is 8.95. The Morgan fingerprint density at radius 3 is 2.29 bits per heavy atom. The number of sulfonamides is 1. The fourth-order valence-electron chi connectivity index (χ4n) is 3.51. The highest BCUT2D eigenvalue weighted by molar-refractivity contribution is 7.90. The van der Waals surface area contributed by atoms with Crippen LogP contribution in [0.4, 0.5) is 19.3 Å². The maximum atomic E-state index is 14.7. The first-order valence-corrected chi connectivity index (χ1v) is 11.5. The van der Waals surface area contributed by atoms with Crippen LogP contribution in [0.5, 0.6) is 5.75 Å². The molecule has 0 N–H and O–H groups in total. The number of nitrogens with zero attached hydrogens (tertiary/aromatic N) is 3. The van der Waals surface area contributed by atoms with Crippen LogP contribution in [0.2, 0.25) is 0 Å². The molecule has 0 saturated carbocycles. The number of halogens is 2. The summed E-state index contributed by atoms with van der Waals surface area (Å²) < 4.78 is 71.8. The van der Waals surface area contributed by atoms with Gasteiger partial charge in [-0.05, 0) is 25.8 Å². The number of benzene rings is 2. The maximum absolute atomic E-state index is 14.7. The second kappa shape index (κ2) is 10.1. The van der Waals surface area contributed by atoms with Crippen molar-refractivity contribution in [2.45, 2.75) is 18.4 Å². The molecule has 186 valence electrons. The van der Waals surface area contributed by atoms with Crippen LogP contribution in [0, 0.1) is 11.6 Å². The van der Waals surface area contributed by atoms with Gasteiger partial charge < -0.3 is 14.2 Å². The van der Waals surface area contributed by atoms with Gasteiger partial charge in [-0.25, -0.2) is 27.0 Å². The normalized spacial score (nSPS) is 15.8. The summed E-state index contributed by atoms with van der Waals surface area (Å²) in [6.07, 6.45) is 1.23. The summed E-state index contributed by atoms with van der Waals surface area (Å²) in [7, 11) is -0.511. The molecule has 9 nitrogen and oxygen atoms in total. The number of ether oxygens (including phenoxy) is 3. The van der Waals surface area contributed by atoms with Gasteiger partial charge in [0.15, 0.2) is 5.76 Å². The van der Waals surface area contributed by atoms with Crippen molar-refractivity contribution in [2.24, 2.45) is 4.99 Å². The summed E-state index contributed by atoms with van der Waals surface area (Å²) in [6.45, 7) is 4.12. The van der Waals surface area contributed by atoms with Gasteiger partial charge in [0.2, 0.25) is 0 Å². The van der Waals surface area contributed by atoms with Gasteiger partial charge >= 0.3 is 6.03 Å². The zero-order valence-corrected chi connectivity index (χ0v) is 20.2. The third kappa shape index (κ3) is 4.69. The molecule has 0 radical (unpaired) electrons. The lowest BCUT2D eigenvalue weighted by Gasteiger charge is -2.36. The maximum Gasteiger partial charge on any atom is 0.343 e. The number of rotatable bonds is 8. The van der Waals surface area contributed by atoms with Gasteiger partial charge in [0.05, 0.1) is 33.6 Å². The van der Waals surface area contributed by atoms with E-state index in [1.807, 2.05) is 0 Å². The lowest BCUT2D eigenvalue weighted by atomic mass is 10.1. The number of hydrogen-bond acceptors (Lipinski definition) is 7. The summed E-state index contributed by atoms with van der Waals surface area (Å²) >= 11 is 0. The van der Waals surface area contributed by atoms with Gasteiger partial charge in [0, 0.05) is 29.5 Å². The summed E-state index contributed by atoms with van der Waals surface area (Å²) in [4.78, 5) is 17.9. The lowest BCUT2D eigenvalue weighted by molar-refractivity contribution is 0.226.